The van der Waals surface area contributed by atoms with E-state index < -0.39 is 11.7 Å². The maximum atomic E-state index is 13.6. The Kier molecular flexibility index (Phi) is 5.66. The second-order valence-corrected chi connectivity index (χ2v) is 6.47. The van der Waals surface area contributed by atoms with Gasteiger partial charge in [-0.25, -0.2) is 0 Å². The van der Waals surface area contributed by atoms with Gasteiger partial charge in [-0.15, -0.1) is 6.58 Å². The first kappa shape index (κ1) is 18.2. The summed E-state index contributed by atoms with van der Waals surface area (Å²) in [5.41, 5.74) is 0.406. The quantitative estimate of drug-likeness (QED) is 0.840. The van der Waals surface area contributed by atoms with Gasteiger partial charge in [0.25, 0.3) is 0 Å². The first-order chi connectivity index (χ1) is 12.0. The Morgan fingerprint density at radius 2 is 2.00 bits per heavy atom. The standard InChI is InChI=1S/C18H24F3N3O/c1-2-15-13-23(6-5-22-15)12-14-3-4-16(11-17(14)18(19,20)21)24-7-9-25-10-8-24/h2-4,11,15,22H,1,5-10,12-13H2/t15-/m0/s1. The van der Waals surface area contributed by atoms with Gasteiger partial charge in [0, 0.05) is 51.0 Å². The van der Waals surface area contributed by atoms with Gasteiger partial charge in [0.15, 0.2) is 0 Å². The van der Waals surface area contributed by atoms with Crippen molar-refractivity contribution in [3.63, 3.8) is 0 Å². The molecule has 2 heterocycles. The third-order valence-corrected chi connectivity index (χ3v) is 4.74. The fourth-order valence-corrected chi connectivity index (χ4v) is 3.37. The van der Waals surface area contributed by atoms with Crippen LogP contribution in [0.15, 0.2) is 30.9 Å². The van der Waals surface area contributed by atoms with Crippen LogP contribution in [0.1, 0.15) is 11.1 Å². The number of hydrogen-bond acceptors (Lipinski definition) is 4. The predicted octanol–water partition coefficient (Wildman–Crippen LogP) is 2.50. The summed E-state index contributed by atoms with van der Waals surface area (Å²) in [5, 5.41) is 3.28. The Morgan fingerprint density at radius 1 is 1.24 bits per heavy atom. The van der Waals surface area contributed by atoms with Crippen LogP contribution in [0.25, 0.3) is 0 Å². The lowest BCUT2D eigenvalue weighted by Crippen LogP contribution is -2.49. The van der Waals surface area contributed by atoms with Gasteiger partial charge in [-0.3, -0.25) is 4.90 Å². The zero-order chi connectivity index (χ0) is 17.9. The Morgan fingerprint density at radius 3 is 2.68 bits per heavy atom. The molecule has 0 bridgehead atoms. The first-order valence-corrected chi connectivity index (χ1v) is 8.58. The Bertz CT molecular complexity index is 600. The first-order valence-electron chi connectivity index (χ1n) is 8.58. The van der Waals surface area contributed by atoms with E-state index in [1.807, 2.05) is 9.80 Å². The van der Waals surface area contributed by atoms with Gasteiger partial charge in [-0.2, -0.15) is 13.2 Å². The van der Waals surface area contributed by atoms with Crippen LogP contribution in [-0.4, -0.2) is 56.9 Å². The topological polar surface area (TPSA) is 27.7 Å². The fourth-order valence-electron chi connectivity index (χ4n) is 3.37. The zero-order valence-electron chi connectivity index (χ0n) is 14.2. The van der Waals surface area contributed by atoms with Crippen LogP contribution in [0, 0.1) is 0 Å². The van der Waals surface area contributed by atoms with E-state index in [-0.39, 0.29) is 6.04 Å². The van der Waals surface area contributed by atoms with Crippen molar-refractivity contribution < 1.29 is 17.9 Å². The molecule has 0 aromatic heterocycles. The minimum Gasteiger partial charge on any atom is -0.378 e. The van der Waals surface area contributed by atoms with Crippen LogP contribution in [0.2, 0.25) is 0 Å². The molecular formula is C18H24F3N3O. The van der Waals surface area contributed by atoms with Crippen molar-refractivity contribution in [1.82, 2.24) is 10.2 Å². The third kappa shape index (κ3) is 4.54. The number of alkyl halides is 3. The van der Waals surface area contributed by atoms with E-state index in [1.165, 1.54) is 6.07 Å². The summed E-state index contributed by atoms with van der Waals surface area (Å²) in [5.74, 6) is 0. The van der Waals surface area contributed by atoms with E-state index in [9.17, 15) is 13.2 Å². The maximum Gasteiger partial charge on any atom is 0.416 e. The summed E-state index contributed by atoms with van der Waals surface area (Å²) in [6.45, 7) is 8.55. The summed E-state index contributed by atoms with van der Waals surface area (Å²) < 4.78 is 46.1. The summed E-state index contributed by atoms with van der Waals surface area (Å²) in [7, 11) is 0. The van der Waals surface area contributed by atoms with Crippen LogP contribution >= 0.6 is 0 Å². The highest BCUT2D eigenvalue weighted by atomic mass is 19.4. The molecule has 1 aromatic carbocycles. The molecule has 0 saturated carbocycles. The van der Waals surface area contributed by atoms with Crippen LogP contribution < -0.4 is 10.2 Å². The minimum atomic E-state index is -4.36. The summed E-state index contributed by atoms with van der Waals surface area (Å²) in [6, 6.07) is 4.82. The Balaban J connectivity index is 1.81. The SMILES string of the molecule is C=C[C@H]1CN(Cc2ccc(N3CCOCC3)cc2C(F)(F)F)CCN1. The number of morpholine rings is 1. The second kappa shape index (κ2) is 7.76. The Hall–Kier alpha value is -1.57. The van der Waals surface area contributed by atoms with E-state index in [4.69, 9.17) is 4.74 Å². The lowest BCUT2D eigenvalue weighted by Gasteiger charge is -2.33. The second-order valence-electron chi connectivity index (χ2n) is 6.47. The number of hydrogen-bond donors (Lipinski definition) is 1. The minimum absolute atomic E-state index is 0.121. The molecule has 0 unspecified atom stereocenters. The molecule has 2 aliphatic heterocycles. The van der Waals surface area contributed by atoms with Crippen molar-refractivity contribution in [1.29, 1.82) is 0 Å². The average Bonchev–Trinajstić information content (AvgIpc) is 2.62. The van der Waals surface area contributed by atoms with Gasteiger partial charge >= 0.3 is 6.18 Å². The molecule has 0 spiro atoms. The number of nitrogens with one attached hydrogen (secondary N) is 1. The number of piperazine rings is 1. The number of rotatable bonds is 4. The van der Waals surface area contributed by atoms with E-state index in [1.54, 1.807) is 18.2 Å². The van der Waals surface area contributed by atoms with E-state index in [0.717, 1.165) is 13.1 Å². The van der Waals surface area contributed by atoms with Crippen molar-refractivity contribution in [2.45, 2.75) is 18.8 Å². The van der Waals surface area contributed by atoms with Crippen molar-refractivity contribution >= 4 is 5.69 Å². The van der Waals surface area contributed by atoms with E-state index >= 15 is 0 Å². The maximum absolute atomic E-state index is 13.6. The largest absolute Gasteiger partial charge is 0.416 e. The van der Waals surface area contributed by atoms with Crippen LogP contribution in [-0.2, 0) is 17.5 Å². The molecule has 1 atom stereocenters. The number of benzene rings is 1. The lowest BCUT2D eigenvalue weighted by atomic mass is 10.0. The van der Waals surface area contributed by atoms with Crippen LogP contribution in [0.4, 0.5) is 18.9 Å². The average molecular weight is 355 g/mol. The Labute approximate surface area is 146 Å². The van der Waals surface area contributed by atoms with Gasteiger partial charge in [0.1, 0.15) is 0 Å². The van der Waals surface area contributed by atoms with Crippen molar-refractivity contribution in [3.05, 3.63) is 42.0 Å². The summed E-state index contributed by atoms with van der Waals surface area (Å²) in [4.78, 5) is 3.99. The van der Waals surface area contributed by atoms with E-state index in [2.05, 4.69) is 11.9 Å². The highest BCUT2D eigenvalue weighted by Crippen LogP contribution is 2.35. The molecular weight excluding hydrogens is 331 g/mol. The van der Waals surface area contributed by atoms with Gasteiger partial charge in [0.05, 0.1) is 18.8 Å². The molecule has 2 aliphatic rings. The smallest absolute Gasteiger partial charge is 0.378 e. The molecule has 1 N–H and O–H groups in total. The third-order valence-electron chi connectivity index (χ3n) is 4.74. The summed E-state index contributed by atoms with van der Waals surface area (Å²) in [6.07, 6.45) is -2.55. The van der Waals surface area contributed by atoms with Crippen LogP contribution in [0.5, 0.6) is 0 Å². The predicted molar refractivity (Wildman–Crippen MR) is 91.7 cm³/mol. The molecule has 1 aromatic rings. The number of anilines is 1. The van der Waals surface area contributed by atoms with Crippen molar-refractivity contribution in [2.75, 3.05) is 50.8 Å². The van der Waals surface area contributed by atoms with Crippen LogP contribution in [0.3, 0.4) is 0 Å². The van der Waals surface area contributed by atoms with Crippen molar-refractivity contribution in [3.8, 4) is 0 Å². The molecule has 2 saturated heterocycles. The lowest BCUT2D eigenvalue weighted by molar-refractivity contribution is -0.138. The molecule has 0 radical (unpaired) electrons. The molecule has 4 nitrogen and oxygen atoms in total. The fraction of sp³-hybridized carbons (Fsp3) is 0.556. The highest BCUT2D eigenvalue weighted by Gasteiger charge is 2.34. The number of ether oxygens (including phenoxy) is 1. The molecule has 25 heavy (non-hydrogen) atoms. The molecule has 3 rings (SSSR count). The molecule has 0 aliphatic carbocycles. The number of nitrogens with zero attached hydrogens (tertiary/aromatic N) is 2. The van der Waals surface area contributed by atoms with Crippen molar-refractivity contribution in [2.24, 2.45) is 0 Å². The van der Waals surface area contributed by atoms with Gasteiger partial charge in [-0.1, -0.05) is 12.1 Å². The number of halogens is 3. The normalized spacial score (nSPS) is 22.8. The summed E-state index contributed by atoms with van der Waals surface area (Å²) >= 11 is 0. The van der Waals surface area contributed by atoms with E-state index in [0.29, 0.717) is 50.6 Å². The molecule has 7 heteroatoms. The van der Waals surface area contributed by atoms with Gasteiger partial charge in [-0.05, 0) is 17.7 Å². The zero-order valence-corrected chi connectivity index (χ0v) is 14.2. The van der Waals surface area contributed by atoms with Gasteiger partial charge < -0.3 is 15.0 Å². The molecule has 138 valence electrons. The molecule has 2 fully saturated rings. The molecule has 0 amide bonds. The van der Waals surface area contributed by atoms with Gasteiger partial charge in [0.2, 0.25) is 0 Å². The monoisotopic (exact) mass is 355 g/mol. The highest BCUT2D eigenvalue weighted by molar-refractivity contribution is 5.52.